The molecule has 4 N–H and O–H groups in total. The van der Waals surface area contributed by atoms with Crippen LogP contribution in [0.25, 0.3) is 0 Å². The van der Waals surface area contributed by atoms with Crippen LogP contribution in [0.1, 0.15) is 0 Å². The summed E-state index contributed by atoms with van der Waals surface area (Å²) in [5, 5.41) is 12.9. The van der Waals surface area contributed by atoms with E-state index >= 15 is 0 Å². The molecular formula is C10H10BrF4N3O. The smallest absolute Gasteiger partial charge is 0.400 e. The van der Waals surface area contributed by atoms with Gasteiger partial charge in [-0.05, 0) is 18.2 Å². The van der Waals surface area contributed by atoms with Gasteiger partial charge in [0.2, 0.25) is 0 Å². The molecule has 0 aromatic heterocycles. The van der Waals surface area contributed by atoms with Crippen LogP contribution < -0.4 is 11.1 Å². The molecule has 0 spiro atoms. The number of hydrogen-bond donors (Lipinski definition) is 3. The van der Waals surface area contributed by atoms with E-state index in [1.807, 2.05) is 0 Å². The largest absolute Gasteiger partial charge is 0.409 e. The van der Waals surface area contributed by atoms with Gasteiger partial charge < -0.3 is 16.3 Å². The van der Waals surface area contributed by atoms with Crippen molar-refractivity contribution >= 4 is 27.5 Å². The number of amidine groups is 1. The second kappa shape index (κ2) is 6.09. The van der Waals surface area contributed by atoms with E-state index in [9.17, 15) is 17.6 Å². The molecule has 1 unspecified atom stereocenters. The molecule has 1 aromatic carbocycles. The standard InChI is InChI=1S/C10H10BrF4N3O/c11-5-1-2-7(12)8(3-5)17-4-6(9(16)18-19)10(13,14)15/h1-3,6,17,19H,4H2,(H2,16,18). The highest BCUT2D eigenvalue weighted by Gasteiger charge is 2.42. The predicted molar refractivity (Wildman–Crippen MR) is 65.5 cm³/mol. The van der Waals surface area contributed by atoms with Crippen LogP contribution in [-0.2, 0) is 0 Å². The number of oxime groups is 1. The Labute approximate surface area is 114 Å². The fourth-order valence-electron chi connectivity index (χ4n) is 1.30. The summed E-state index contributed by atoms with van der Waals surface area (Å²) in [6, 6.07) is 3.79. The molecule has 0 radical (unpaired) electrons. The highest BCUT2D eigenvalue weighted by atomic mass is 79.9. The second-order valence-electron chi connectivity index (χ2n) is 3.62. The SMILES string of the molecule is N/C(=N/O)C(CNc1cc(Br)ccc1F)C(F)(F)F. The van der Waals surface area contributed by atoms with Gasteiger partial charge in [-0.15, -0.1) is 0 Å². The van der Waals surface area contributed by atoms with E-state index in [-0.39, 0.29) is 5.69 Å². The average Bonchev–Trinajstić information content (AvgIpc) is 2.31. The molecule has 0 bridgehead atoms. The fourth-order valence-corrected chi connectivity index (χ4v) is 1.66. The Morgan fingerprint density at radius 3 is 2.63 bits per heavy atom. The Morgan fingerprint density at radius 2 is 2.11 bits per heavy atom. The van der Waals surface area contributed by atoms with Crippen molar-refractivity contribution in [2.45, 2.75) is 6.18 Å². The van der Waals surface area contributed by atoms with E-state index in [0.717, 1.165) is 6.07 Å². The van der Waals surface area contributed by atoms with Crippen molar-refractivity contribution in [3.8, 4) is 0 Å². The van der Waals surface area contributed by atoms with Crippen LogP contribution in [0.3, 0.4) is 0 Å². The summed E-state index contributed by atoms with van der Waals surface area (Å²) < 4.78 is 51.7. The molecule has 0 saturated carbocycles. The Bertz CT molecular complexity index is 478. The lowest BCUT2D eigenvalue weighted by Crippen LogP contribution is -2.40. The van der Waals surface area contributed by atoms with Crippen LogP contribution >= 0.6 is 15.9 Å². The molecule has 0 aliphatic carbocycles. The van der Waals surface area contributed by atoms with Crippen molar-refractivity contribution in [2.24, 2.45) is 16.8 Å². The number of nitrogens with one attached hydrogen (secondary N) is 1. The minimum absolute atomic E-state index is 0.116. The minimum atomic E-state index is -4.70. The molecule has 1 aromatic rings. The number of nitrogens with zero attached hydrogens (tertiary/aromatic N) is 1. The Kier molecular flexibility index (Phi) is 4.98. The van der Waals surface area contributed by atoms with E-state index in [4.69, 9.17) is 10.9 Å². The number of anilines is 1. The van der Waals surface area contributed by atoms with Crippen molar-refractivity contribution in [1.29, 1.82) is 0 Å². The van der Waals surface area contributed by atoms with E-state index in [1.165, 1.54) is 12.1 Å². The van der Waals surface area contributed by atoms with E-state index in [1.54, 1.807) is 0 Å². The molecule has 9 heteroatoms. The zero-order valence-electron chi connectivity index (χ0n) is 9.38. The van der Waals surface area contributed by atoms with Gasteiger partial charge in [0.25, 0.3) is 0 Å². The number of halogens is 5. The maximum atomic E-state index is 13.3. The number of rotatable bonds is 4. The van der Waals surface area contributed by atoms with Gasteiger partial charge in [0.05, 0.1) is 5.69 Å². The van der Waals surface area contributed by atoms with Gasteiger partial charge in [-0.2, -0.15) is 13.2 Å². The fraction of sp³-hybridized carbons (Fsp3) is 0.300. The number of hydrogen-bond acceptors (Lipinski definition) is 3. The van der Waals surface area contributed by atoms with Crippen molar-refractivity contribution in [2.75, 3.05) is 11.9 Å². The van der Waals surface area contributed by atoms with Crippen LogP contribution in [0, 0.1) is 11.7 Å². The van der Waals surface area contributed by atoms with Crippen molar-refractivity contribution in [1.82, 2.24) is 0 Å². The van der Waals surface area contributed by atoms with Crippen molar-refractivity contribution in [3.63, 3.8) is 0 Å². The summed E-state index contributed by atoms with van der Waals surface area (Å²) in [6.07, 6.45) is -4.70. The zero-order chi connectivity index (χ0) is 14.6. The first-order valence-corrected chi connectivity index (χ1v) is 5.78. The monoisotopic (exact) mass is 343 g/mol. The van der Waals surface area contributed by atoms with Gasteiger partial charge in [-0.3, -0.25) is 0 Å². The van der Waals surface area contributed by atoms with Gasteiger partial charge in [-0.1, -0.05) is 21.1 Å². The van der Waals surface area contributed by atoms with Crippen LogP contribution in [0.5, 0.6) is 0 Å². The Morgan fingerprint density at radius 1 is 1.47 bits per heavy atom. The van der Waals surface area contributed by atoms with Gasteiger partial charge >= 0.3 is 6.18 Å². The zero-order valence-corrected chi connectivity index (χ0v) is 11.0. The molecule has 0 aliphatic heterocycles. The van der Waals surface area contributed by atoms with Crippen LogP contribution in [0.15, 0.2) is 27.8 Å². The van der Waals surface area contributed by atoms with Crippen molar-refractivity contribution in [3.05, 3.63) is 28.5 Å². The van der Waals surface area contributed by atoms with Gasteiger partial charge in [0, 0.05) is 11.0 Å². The van der Waals surface area contributed by atoms with Crippen LogP contribution in [0.2, 0.25) is 0 Å². The normalized spacial score (nSPS) is 14.3. The summed E-state index contributed by atoms with van der Waals surface area (Å²) in [6.45, 7) is -0.743. The van der Waals surface area contributed by atoms with Gasteiger partial charge in [0.15, 0.2) is 5.84 Å². The second-order valence-corrected chi connectivity index (χ2v) is 4.54. The molecule has 4 nitrogen and oxygen atoms in total. The molecule has 0 aliphatic rings. The highest BCUT2D eigenvalue weighted by Crippen LogP contribution is 2.28. The van der Waals surface area contributed by atoms with E-state index in [2.05, 4.69) is 26.4 Å². The minimum Gasteiger partial charge on any atom is -0.409 e. The lowest BCUT2D eigenvalue weighted by Gasteiger charge is -2.20. The maximum Gasteiger partial charge on any atom is 0.400 e. The predicted octanol–water partition coefficient (Wildman–Crippen LogP) is 2.93. The Hall–Kier alpha value is -1.51. The van der Waals surface area contributed by atoms with Crippen molar-refractivity contribution < 1.29 is 22.8 Å². The summed E-state index contributed by atoms with van der Waals surface area (Å²) in [7, 11) is 0. The number of nitrogens with two attached hydrogens (primary N) is 1. The third kappa shape index (κ3) is 4.27. The third-order valence-corrected chi connectivity index (χ3v) is 2.79. The molecule has 1 atom stereocenters. The Balaban J connectivity index is 2.85. The van der Waals surface area contributed by atoms with Crippen LogP contribution in [-0.4, -0.2) is 23.8 Å². The summed E-state index contributed by atoms with van der Waals surface area (Å²) in [5.74, 6) is -3.91. The lowest BCUT2D eigenvalue weighted by atomic mass is 10.1. The summed E-state index contributed by atoms with van der Waals surface area (Å²) in [5.41, 5.74) is 4.86. The van der Waals surface area contributed by atoms with Crippen LogP contribution in [0.4, 0.5) is 23.2 Å². The molecule has 19 heavy (non-hydrogen) atoms. The molecule has 0 fully saturated rings. The first kappa shape index (κ1) is 15.5. The summed E-state index contributed by atoms with van der Waals surface area (Å²) >= 11 is 3.07. The highest BCUT2D eigenvalue weighted by molar-refractivity contribution is 9.10. The number of alkyl halides is 3. The first-order chi connectivity index (χ1) is 8.75. The molecule has 106 valence electrons. The van der Waals surface area contributed by atoms with E-state index < -0.39 is 30.3 Å². The molecule has 0 saturated heterocycles. The topological polar surface area (TPSA) is 70.6 Å². The molecule has 1 rings (SSSR count). The first-order valence-electron chi connectivity index (χ1n) is 4.98. The maximum absolute atomic E-state index is 13.3. The van der Waals surface area contributed by atoms with Gasteiger partial charge in [0.1, 0.15) is 11.7 Å². The average molecular weight is 344 g/mol. The van der Waals surface area contributed by atoms with Gasteiger partial charge in [-0.25, -0.2) is 4.39 Å². The molecule has 0 heterocycles. The number of benzene rings is 1. The molecule has 0 amide bonds. The van der Waals surface area contributed by atoms with E-state index in [0.29, 0.717) is 4.47 Å². The third-order valence-electron chi connectivity index (χ3n) is 2.29. The summed E-state index contributed by atoms with van der Waals surface area (Å²) in [4.78, 5) is 0. The molecular weight excluding hydrogens is 334 g/mol. The quantitative estimate of drug-likeness (QED) is 0.259. The lowest BCUT2D eigenvalue weighted by molar-refractivity contribution is -0.152.